The van der Waals surface area contributed by atoms with Crippen molar-refractivity contribution in [2.45, 2.75) is 219 Å². The first-order chi connectivity index (χ1) is 27.6. The minimum absolute atomic E-state index is 0.0421. The molecule has 2 unspecified atom stereocenters. The van der Waals surface area contributed by atoms with E-state index in [1.54, 1.807) is 21.1 Å². The Balaban J connectivity index is 4.27. The Morgan fingerprint density at radius 3 is 1.46 bits per heavy atom. The number of unbranched alkanes of at least 4 members (excludes halogenated alkanes) is 22. The van der Waals surface area contributed by atoms with Crippen LogP contribution in [0.25, 0.3) is 0 Å². The third-order valence-electron chi connectivity index (χ3n) is 10.5. The van der Waals surface area contributed by atoms with Gasteiger partial charge < -0.3 is 28.6 Å². The van der Waals surface area contributed by atoms with Crippen LogP contribution in [-0.2, 0) is 28.6 Å². The van der Waals surface area contributed by atoms with Crippen molar-refractivity contribution in [3.63, 3.8) is 0 Å². The molecule has 0 radical (unpaired) electrons. The van der Waals surface area contributed by atoms with Crippen LogP contribution in [0.5, 0.6) is 0 Å². The van der Waals surface area contributed by atoms with Crippen molar-refractivity contribution in [1.82, 2.24) is 0 Å². The predicted octanol–water partition coefficient (Wildman–Crippen LogP) is 11.7. The summed E-state index contributed by atoms with van der Waals surface area (Å²) in [6.07, 6.45) is 45.9. The van der Waals surface area contributed by atoms with Crippen LogP contribution < -0.4 is 5.11 Å². The summed E-state index contributed by atoms with van der Waals surface area (Å²) in [6.45, 7) is 4.57. The molecule has 0 bridgehead atoms. The van der Waals surface area contributed by atoms with Gasteiger partial charge in [0.05, 0.1) is 40.3 Å². The fourth-order valence-corrected chi connectivity index (χ4v) is 6.91. The minimum Gasteiger partial charge on any atom is -0.544 e. The summed E-state index contributed by atoms with van der Waals surface area (Å²) in [5, 5.41) is 11.6. The van der Waals surface area contributed by atoms with Gasteiger partial charge in [-0.2, -0.15) is 0 Å². The normalized spacial score (nSPS) is 13.2. The van der Waals surface area contributed by atoms with Gasteiger partial charge in [-0.3, -0.25) is 9.59 Å². The maximum Gasteiger partial charge on any atom is 0.306 e. The lowest BCUT2D eigenvalue weighted by molar-refractivity contribution is -0.889. The van der Waals surface area contributed by atoms with Crippen molar-refractivity contribution in [3.05, 3.63) is 36.5 Å². The van der Waals surface area contributed by atoms with Gasteiger partial charge in [0.2, 0.25) is 0 Å². The second-order valence-corrected chi connectivity index (χ2v) is 17.0. The number of hydrogen-bond acceptors (Lipinski definition) is 7. The highest BCUT2D eigenvalue weighted by molar-refractivity contribution is 5.70. The SMILES string of the molecule is CC/C=C/C/C=C/C/C=C/CCCCCCCCCCCC(=O)OCC(COCCC(C(=O)[O-])[N+](C)(C)C)OC(=O)CCCCCCCCCCCCCCCC. The predicted molar refractivity (Wildman–Crippen MR) is 236 cm³/mol. The van der Waals surface area contributed by atoms with Crippen LogP contribution in [0.4, 0.5) is 0 Å². The molecule has 8 nitrogen and oxygen atoms in total. The van der Waals surface area contributed by atoms with E-state index in [1.807, 2.05) is 0 Å². The highest BCUT2D eigenvalue weighted by Crippen LogP contribution is 2.15. The van der Waals surface area contributed by atoms with E-state index in [-0.39, 0.29) is 42.7 Å². The van der Waals surface area contributed by atoms with E-state index in [4.69, 9.17) is 14.2 Å². The number of rotatable bonds is 42. The number of nitrogens with zero attached hydrogens (tertiary/aromatic N) is 1. The Morgan fingerprint density at radius 2 is 0.982 bits per heavy atom. The van der Waals surface area contributed by atoms with Crippen molar-refractivity contribution in [3.8, 4) is 0 Å². The van der Waals surface area contributed by atoms with Gasteiger partial charge >= 0.3 is 11.9 Å². The number of quaternary nitrogens is 1. The van der Waals surface area contributed by atoms with E-state index in [1.165, 1.54) is 109 Å². The zero-order valence-electron chi connectivity index (χ0n) is 37.8. The highest BCUT2D eigenvalue weighted by Gasteiger charge is 2.25. The number of hydrogen-bond donors (Lipinski definition) is 0. The van der Waals surface area contributed by atoms with E-state index in [2.05, 4.69) is 50.3 Å². The number of aliphatic carboxylic acids is 1. The third kappa shape index (κ3) is 38.8. The smallest absolute Gasteiger partial charge is 0.306 e. The Morgan fingerprint density at radius 1 is 0.544 bits per heavy atom. The average molecular weight is 804 g/mol. The summed E-state index contributed by atoms with van der Waals surface area (Å²) in [5.74, 6) is -1.73. The number of carbonyl (C=O) groups is 3. The van der Waals surface area contributed by atoms with Crippen LogP contribution in [0.1, 0.15) is 206 Å². The molecule has 0 N–H and O–H groups in total. The number of carboxylic acid groups (broad SMARTS) is 1. The molecule has 0 aliphatic heterocycles. The molecule has 0 saturated heterocycles. The maximum absolute atomic E-state index is 12.7. The van der Waals surface area contributed by atoms with Crippen molar-refractivity contribution in [2.24, 2.45) is 0 Å². The van der Waals surface area contributed by atoms with Gasteiger partial charge in [-0.1, -0.05) is 179 Å². The minimum atomic E-state index is -1.12. The third-order valence-corrected chi connectivity index (χ3v) is 10.5. The number of esters is 2. The Labute approximate surface area is 351 Å². The lowest BCUT2D eigenvalue weighted by Crippen LogP contribution is -2.55. The maximum atomic E-state index is 12.7. The van der Waals surface area contributed by atoms with Gasteiger partial charge in [-0.15, -0.1) is 0 Å². The largest absolute Gasteiger partial charge is 0.544 e. The Bertz CT molecular complexity index is 1030. The van der Waals surface area contributed by atoms with Crippen molar-refractivity contribution in [2.75, 3.05) is 41.0 Å². The summed E-state index contributed by atoms with van der Waals surface area (Å²) in [5.41, 5.74) is 0. The van der Waals surface area contributed by atoms with Crippen LogP contribution in [0.15, 0.2) is 36.5 Å². The van der Waals surface area contributed by atoms with Crippen LogP contribution in [-0.4, -0.2) is 75.5 Å². The summed E-state index contributed by atoms with van der Waals surface area (Å²) >= 11 is 0. The molecular formula is C49H89NO7. The lowest BCUT2D eigenvalue weighted by atomic mass is 10.0. The number of allylic oxidation sites excluding steroid dienone is 6. The van der Waals surface area contributed by atoms with Crippen LogP contribution >= 0.6 is 0 Å². The standard InChI is InChI=1S/C49H89NO7/c1-6-8-10-12-14-16-18-20-22-23-24-25-26-28-29-31-33-35-37-39-47(51)56-44-45(43-55-42-41-46(49(53)54)50(3,4)5)57-48(52)40-38-36-34-32-30-27-21-19-17-15-13-11-9-7-2/h8,10,14,16,20,22,45-46H,6-7,9,11-13,15,17-19,21,23-44H2,1-5H3/b10-8+,16-14+,22-20+. The summed E-state index contributed by atoms with van der Waals surface area (Å²) < 4.78 is 17.2. The van der Waals surface area contributed by atoms with Gasteiger partial charge in [0, 0.05) is 19.3 Å². The Hall–Kier alpha value is -2.45. The fourth-order valence-electron chi connectivity index (χ4n) is 6.91. The molecule has 0 rings (SSSR count). The van der Waals surface area contributed by atoms with Crippen molar-refractivity contribution >= 4 is 17.9 Å². The van der Waals surface area contributed by atoms with Crippen molar-refractivity contribution < 1.29 is 38.2 Å². The van der Waals surface area contributed by atoms with E-state index in [0.717, 1.165) is 64.2 Å². The first-order valence-electron chi connectivity index (χ1n) is 23.5. The fraction of sp³-hybridized carbons (Fsp3) is 0.816. The average Bonchev–Trinajstić information content (AvgIpc) is 3.17. The lowest BCUT2D eigenvalue weighted by Gasteiger charge is -2.34. The molecule has 0 aromatic rings. The van der Waals surface area contributed by atoms with Gasteiger partial charge in [-0.25, -0.2) is 0 Å². The highest BCUT2D eigenvalue weighted by atomic mass is 16.6. The van der Waals surface area contributed by atoms with E-state index >= 15 is 0 Å². The van der Waals surface area contributed by atoms with E-state index in [9.17, 15) is 19.5 Å². The molecule has 0 aliphatic carbocycles. The van der Waals surface area contributed by atoms with Gasteiger partial charge in [0.1, 0.15) is 12.6 Å². The topological polar surface area (TPSA) is 102 Å². The molecule has 57 heavy (non-hydrogen) atoms. The first-order valence-corrected chi connectivity index (χ1v) is 23.5. The molecule has 0 amide bonds. The molecule has 0 spiro atoms. The molecule has 8 heteroatoms. The molecule has 0 fully saturated rings. The second-order valence-electron chi connectivity index (χ2n) is 17.0. The molecular weight excluding hydrogens is 715 g/mol. The molecule has 0 aromatic heterocycles. The quantitative estimate of drug-likeness (QED) is 0.0262. The van der Waals surface area contributed by atoms with Crippen LogP contribution in [0.2, 0.25) is 0 Å². The van der Waals surface area contributed by atoms with E-state index < -0.39 is 18.1 Å². The van der Waals surface area contributed by atoms with Gasteiger partial charge in [-0.05, 0) is 44.9 Å². The number of likely N-dealkylation sites (N-methyl/N-ethyl adjacent to an activating group) is 1. The number of carboxylic acids is 1. The number of carbonyl (C=O) groups excluding carboxylic acids is 3. The summed E-state index contributed by atoms with van der Waals surface area (Å²) in [4.78, 5) is 36.9. The first kappa shape index (κ1) is 54.6. The summed E-state index contributed by atoms with van der Waals surface area (Å²) in [6, 6.07) is -0.724. The zero-order valence-corrected chi connectivity index (χ0v) is 37.8. The molecule has 0 saturated carbocycles. The summed E-state index contributed by atoms with van der Waals surface area (Å²) in [7, 11) is 5.41. The van der Waals surface area contributed by atoms with Crippen LogP contribution in [0, 0.1) is 0 Å². The van der Waals surface area contributed by atoms with Gasteiger partial charge in [0.25, 0.3) is 0 Å². The zero-order chi connectivity index (χ0) is 42.1. The van der Waals surface area contributed by atoms with Crippen molar-refractivity contribution in [1.29, 1.82) is 0 Å². The molecule has 2 atom stereocenters. The monoisotopic (exact) mass is 804 g/mol. The molecule has 0 aliphatic rings. The molecule has 0 aromatic carbocycles. The molecule has 332 valence electrons. The van der Waals surface area contributed by atoms with Gasteiger partial charge in [0.15, 0.2) is 6.10 Å². The van der Waals surface area contributed by atoms with E-state index in [0.29, 0.717) is 12.8 Å². The van der Waals surface area contributed by atoms with Crippen LogP contribution in [0.3, 0.4) is 0 Å². The number of ether oxygens (including phenoxy) is 3. The second kappa shape index (κ2) is 40.3. The Kier molecular flexibility index (Phi) is 38.6. The molecule has 0 heterocycles.